The van der Waals surface area contributed by atoms with Crippen LogP contribution in [0.2, 0.25) is 0 Å². The Morgan fingerprint density at radius 2 is 2.18 bits per heavy atom. The molecule has 1 rings (SSSR count). The van der Waals surface area contributed by atoms with E-state index in [1.165, 1.54) is 0 Å². The lowest BCUT2D eigenvalue weighted by molar-refractivity contribution is 0.0985. The quantitative estimate of drug-likeness (QED) is 0.593. The van der Waals surface area contributed by atoms with Crippen LogP contribution in [0, 0.1) is 5.41 Å². The first kappa shape index (κ1) is 8.97. The molecule has 1 saturated heterocycles. The van der Waals surface area contributed by atoms with Gasteiger partial charge in [-0.1, -0.05) is 0 Å². The van der Waals surface area contributed by atoms with Crippen molar-refractivity contribution in [1.29, 1.82) is 0 Å². The van der Waals surface area contributed by atoms with Crippen molar-refractivity contribution in [3.05, 3.63) is 0 Å². The van der Waals surface area contributed by atoms with E-state index in [0.717, 1.165) is 25.9 Å². The van der Waals surface area contributed by atoms with Gasteiger partial charge >= 0.3 is 0 Å². The van der Waals surface area contributed by atoms with Gasteiger partial charge in [-0.15, -0.1) is 0 Å². The molecular formula is C8H17NO2. The molecule has 3 heteroatoms. The highest BCUT2D eigenvalue weighted by atomic mass is 16.3. The van der Waals surface area contributed by atoms with Crippen LogP contribution in [0.3, 0.4) is 0 Å². The van der Waals surface area contributed by atoms with Crippen LogP contribution in [-0.4, -0.2) is 48.5 Å². The van der Waals surface area contributed by atoms with Crippen molar-refractivity contribution >= 4 is 0 Å². The summed E-state index contributed by atoms with van der Waals surface area (Å²) >= 11 is 0. The van der Waals surface area contributed by atoms with Gasteiger partial charge in [-0.05, 0) is 26.4 Å². The van der Waals surface area contributed by atoms with Gasteiger partial charge in [0.1, 0.15) is 0 Å². The molecule has 1 unspecified atom stereocenters. The lowest BCUT2D eigenvalue weighted by atomic mass is 9.85. The molecule has 2 N–H and O–H groups in total. The van der Waals surface area contributed by atoms with E-state index in [1.807, 2.05) is 0 Å². The van der Waals surface area contributed by atoms with Crippen molar-refractivity contribution in [3.8, 4) is 0 Å². The normalized spacial score (nSPS) is 33.0. The second-order valence-corrected chi connectivity index (χ2v) is 3.62. The molecule has 0 bridgehead atoms. The lowest BCUT2D eigenvalue weighted by Gasteiger charge is -2.25. The predicted octanol–water partition coefficient (Wildman–Crippen LogP) is -0.317. The summed E-state index contributed by atoms with van der Waals surface area (Å²) in [5.41, 5.74) is -0.0104. The minimum atomic E-state index is -0.0104. The van der Waals surface area contributed by atoms with Crippen LogP contribution in [0.1, 0.15) is 12.8 Å². The molecule has 0 aromatic rings. The first-order valence-electron chi connectivity index (χ1n) is 4.13. The lowest BCUT2D eigenvalue weighted by Crippen LogP contribution is -2.29. The first-order chi connectivity index (χ1) is 5.22. The molecule has 1 atom stereocenters. The summed E-state index contributed by atoms with van der Waals surface area (Å²) in [7, 11) is 2.05. The van der Waals surface area contributed by atoms with Gasteiger partial charge in [0.25, 0.3) is 0 Å². The van der Waals surface area contributed by atoms with Gasteiger partial charge in [0.05, 0.1) is 6.61 Å². The smallest absolute Gasteiger partial charge is 0.0501 e. The zero-order valence-electron chi connectivity index (χ0n) is 7.08. The molecule has 0 amide bonds. The van der Waals surface area contributed by atoms with E-state index >= 15 is 0 Å². The summed E-state index contributed by atoms with van der Waals surface area (Å²) in [5.74, 6) is 0. The standard InChI is InChI=1S/C8H17NO2/c1-9-4-2-8(6-9,7-11)3-5-10/h10-11H,2-7H2,1H3. The number of nitrogens with zero attached hydrogens (tertiary/aromatic N) is 1. The molecular weight excluding hydrogens is 142 g/mol. The third-order valence-electron chi connectivity index (χ3n) is 2.61. The fourth-order valence-electron chi connectivity index (χ4n) is 1.81. The highest BCUT2D eigenvalue weighted by Gasteiger charge is 2.35. The first-order valence-corrected chi connectivity index (χ1v) is 4.13. The Bertz CT molecular complexity index is 125. The molecule has 0 radical (unpaired) electrons. The van der Waals surface area contributed by atoms with Crippen LogP contribution >= 0.6 is 0 Å². The van der Waals surface area contributed by atoms with Gasteiger partial charge in [0.15, 0.2) is 0 Å². The van der Waals surface area contributed by atoms with E-state index in [-0.39, 0.29) is 18.6 Å². The molecule has 0 spiro atoms. The van der Waals surface area contributed by atoms with E-state index in [1.54, 1.807) is 0 Å². The summed E-state index contributed by atoms with van der Waals surface area (Å²) in [6, 6.07) is 0. The molecule has 0 aromatic carbocycles. The van der Waals surface area contributed by atoms with E-state index in [0.29, 0.717) is 0 Å². The number of hydrogen-bond donors (Lipinski definition) is 2. The third kappa shape index (κ3) is 1.92. The van der Waals surface area contributed by atoms with Crippen molar-refractivity contribution in [2.45, 2.75) is 12.8 Å². The molecule has 66 valence electrons. The molecule has 1 aliphatic heterocycles. The Morgan fingerprint density at radius 1 is 1.45 bits per heavy atom. The maximum absolute atomic E-state index is 9.13. The Morgan fingerprint density at radius 3 is 2.55 bits per heavy atom. The van der Waals surface area contributed by atoms with Crippen LogP contribution < -0.4 is 0 Å². The summed E-state index contributed by atoms with van der Waals surface area (Å²) in [5, 5.41) is 17.9. The molecule has 0 aromatic heterocycles. The fraction of sp³-hybridized carbons (Fsp3) is 1.00. The minimum absolute atomic E-state index is 0.0104. The Labute approximate surface area is 67.6 Å². The second kappa shape index (κ2) is 3.52. The van der Waals surface area contributed by atoms with E-state index in [4.69, 9.17) is 10.2 Å². The summed E-state index contributed by atoms with van der Waals surface area (Å²) < 4.78 is 0. The van der Waals surface area contributed by atoms with Gasteiger partial charge in [-0.3, -0.25) is 0 Å². The molecule has 0 aliphatic carbocycles. The van der Waals surface area contributed by atoms with Crippen molar-refractivity contribution in [1.82, 2.24) is 4.90 Å². The number of aliphatic hydroxyl groups is 2. The third-order valence-corrected chi connectivity index (χ3v) is 2.61. The van der Waals surface area contributed by atoms with Crippen molar-refractivity contribution in [3.63, 3.8) is 0 Å². The largest absolute Gasteiger partial charge is 0.396 e. The number of aliphatic hydroxyl groups excluding tert-OH is 2. The molecule has 11 heavy (non-hydrogen) atoms. The van der Waals surface area contributed by atoms with Crippen LogP contribution in [0.4, 0.5) is 0 Å². The number of hydrogen-bond acceptors (Lipinski definition) is 3. The van der Waals surface area contributed by atoms with Crippen molar-refractivity contribution in [2.24, 2.45) is 5.41 Å². The molecule has 1 heterocycles. The van der Waals surface area contributed by atoms with E-state index in [2.05, 4.69) is 11.9 Å². The zero-order valence-corrected chi connectivity index (χ0v) is 7.08. The van der Waals surface area contributed by atoms with Crippen LogP contribution in [-0.2, 0) is 0 Å². The minimum Gasteiger partial charge on any atom is -0.396 e. The molecule has 1 fully saturated rings. The highest BCUT2D eigenvalue weighted by Crippen LogP contribution is 2.32. The summed E-state index contributed by atoms with van der Waals surface area (Å²) in [4.78, 5) is 2.20. The fourth-order valence-corrected chi connectivity index (χ4v) is 1.81. The van der Waals surface area contributed by atoms with Crippen LogP contribution in [0.15, 0.2) is 0 Å². The molecule has 0 saturated carbocycles. The Hall–Kier alpha value is -0.120. The Balaban J connectivity index is 2.48. The number of rotatable bonds is 3. The summed E-state index contributed by atoms with van der Waals surface area (Å²) in [6.45, 7) is 2.36. The van der Waals surface area contributed by atoms with Gasteiger partial charge < -0.3 is 15.1 Å². The predicted molar refractivity (Wildman–Crippen MR) is 43.3 cm³/mol. The summed E-state index contributed by atoms with van der Waals surface area (Å²) in [6.07, 6.45) is 1.74. The average Bonchev–Trinajstić information content (AvgIpc) is 2.34. The van der Waals surface area contributed by atoms with Gasteiger partial charge in [-0.2, -0.15) is 0 Å². The second-order valence-electron chi connectivity index (χ2n) is 3.62. The number of likely N-dealkylation sites (tertiary alicyclic amines) is 1. The average molecular weight is 159 g/mol. The monoisotopic (exact) mass is 159 g/mol. The molecule has 1 aliphatic rings. The molecule has 3 nitrogen and oxygen atoms in total. The van der Waals surface area contributed by atoms with Crippen LogP contribution in [0.25, 0.3) is 0 Å². The van der Waals surface area contributed by atoms with Gasteiger partial charge in [0, 0.05) is 18.6 Å². The highest BCUT2D eigenvalue weighted by molar-refractivity contribution is 4.87. The van der Waals surface area contributed by atoms with Crippen molar-refractivity contribution < 1.29 is 10.2 Å². The van der Waals surface area contributed by atoms with E-state index < -0.39 is 0 Å². The zero-order chi connectivity index (χ0) is 8.32. The van der Waals surface area contributed by atoms with Crippen LogP contribution in [0.5, 0.6) is 0 Å². The van der Waals surface area contributed by atoms with Gasteiger partial charge in [0.2, 0.25) is 0 Å². The van der Waals surface area contributed by atoms with Gasteiger partial charge in [-0.25, -0.2) is 0 Å². The van der Waals surface area contributed by atoms with Crippen molar-refractivity contribution in [2.75, 3.05) is 33.4 Å². The Kier molecular flexibility index (Phi) is 2.87. The van der Waals surface area contributed by atoms with E-state index in [9.17, 15) is 0 Å². The SMILES string of the molecule is CN1CCC(CO)(CCO)C1. The topological polar surface area (TPSA) is 43.7 Å². The maximum atomic E-state index is 9.13. The maximum Gasteiger partial charge on any atom is 0.0501 e.